The molecule has 1 rings (SSSR count). The molecule has 0 aliphatic carbocycles. The van der Waals surface area contributed by atoms with Gasteiger partial charge >= 0.3 is 0 Å². The molecule has 0 saturated heterocycles. The molecule has 0 aliphatic rings. The molecule has 16 heavy (non-hydrogen) atoms. The van der Waals surface area contributed by atoms with Crippen LogP contribution in [0.25, 0.3) is 0 Å². The summed E-state index contributed by atoms with van der Waals surface area (Å²) in [7, 11) is 0. The van der Waals surface area contributed by atoms with E-state index in [0.717, 1.165) is 0 Å². The second-order valence-corrected chi connectivity index (χ2v) is 5.08. The van der Waals surface area contributed by atoms with Crippen LogP contribution in [-0.2, 0) is 0 Å². The Bertz CT molecular complexity index is 495. The average molecular weight is 386 g/mol. The van der Waals surface area contributed by atoms with Crippen LogP contribution in [0, 0.1) is 11.3 Å². The first-order chi connectivity index (χ1) is 7.51. The quantitative estimate of drug-likeness (QED) is 0.362. The molecule has 1 aromatic carbocycles. The van der Waals surface area contributed by atoms with Gasteiger partial charge in [0, 0.05) is 8.95 Å². The van der Waals surface area contributed by atoms with Gasteiger partial charge < -0.3 is 5.73 Å². The molecule has 0 amide bonds. The van der Waals surface area contributed by atoms with Gasteiger partial charge in [-0.1, -0.05) is 11.6 Å². The summed E-state index contributed by atoms with van der Waals surface area (Å²) in [5, 5.41) is 9.31. The monoisotopic (exact) mass is 383 g/mol. The van der Waals surface area contributed by atoms with E-state index in [0.29, 0.717) is 19.7 Å². The maximum Gasteiger partial charge on any atom is 0.115 e. The lowest BCUT2D eigenvalue weighted by Gasteiger charge is -2.06. The summed E-state index contributed by atoms with van der Waals surface area (Å²) in [6, 6.07) is 3.68. The number of nitrogens with zero attached hydrogens (tertiary/aromatic N) is 2. The van der Waals surface area contributed by atoms with E-state index in [9.17, 15) is 0 Å². The van der Waals surface area contributed by atoms with Crippen molar-refractivity contribution < 1.29 is 0 Å². The fourth-order valence-corrected chi connectivity index (χ4v) is 2.47. The van der Waals surface area contributed by atoms with Crippen LogP contribution in [0.3, 0.4) is 0 Å². The lowest BCUT2D eigenvalue weighted by Crippen LogP contribution is -2.12. The van der Waals surface area contributed by atoms with Crippen molar-refractivity contribution in [2.75, 3.05) is 5.88 Å². The summed E-state index contributed by atoms with van der Waals surface area (Å²) in [5.41, 5.74) is 6.15. The molecular formula is C9H5Br2Cl2N3. The van der Waals surface area contributed by atoms with Gasteiger partial charge in [-0.15, -0.1) is 11.6 Å². The molecule has 0 bridgehead atoms. The molecule has 0 heterocycles. The number of rotatable bonds is 2. The Morgan fingerprint density at radius 3 is 2.62 bits per heavy atom. The maximum atomic E-state index is 9.01. The molecule has 0 saturated carbocycles. The topological polar surface area (TPSA) is 62.2 Å². The Balaban J connectivity index is 3.51. The normalized spacial score (nSPS) is 11.3. The zero-order chi connectivity index (χ0) is 12.3. The van der Waals surface area contributed by atoms with Gasteiger partial charge in [0.05, 0.1) is 22.2 Å². The number of amidine groups is 1. The molecule has 0 atom stereocenters. The van der Waals surface area contributed by atoms with Gasteiger partial charge in [0.25, 0.3) is 0 Å². The Kier molecular flexibility index (Phi) is 5.06. The molecule has 0 unspecified atom stereocenters. The molecular weight excluding hydrogens is 381 g/mol. The summed E-state index contributed by atoms with van der Waals surface area (Å²) < 4.78 is 1.23. The van der Waals surface area contributed by atoms with E-state index in [-0.39, 0.29) is 17.3 Å². The minimum atomic E-state index is 0.0883. The Morgan fingerprint density at radius 1 is 1.50 bits per heavy atom. The predicted molar refractivity (Wildman–Crippen MR) is 73.6 cm³/mol. The number of halogens is 4. The van der Waals surface area contributed by atoms with Gasteiger partial charge in [0.15, 0.2) is 0 Å². The lowest BCUT2D eigenvalue weighted by atomic mass is 10.2. The molecule has 7 heteroatoms. The van der Waals surface area contributed by atoms with Gasteiger partial charge in [0.2, 0.25) is 0 Å². The fraction of sp³-hybridized carbons (Fsp3) is 0.111. The SMILES string of the molecule is N#Cc1c(Cl)c(Br)cc(Br)c1N=C(N)CCl. The standard InChI is InChI=1S/C9H5Br2Cl2N3/c10-5-1-6(11)9(16-7(15)2-12)4(3-14)8(5)13/h1H,2H2,(H2,15,16). The van der Waals surface area contributed by atoms with Gasteiger partial charge in [-0.3, -0.25) is 0 Å². The van der Waals surface area contributed by atoms with Crippen LogP contribution in [0.5, 0.6) is 0 Å². The molecule has 1 aromatic rings. The van der Waals surface area contributed by atoms with Crippen molar-refractivity contribution in [3.8, 4) is 6.07 Å². The zero-order valence-electron chi connectivity index (χ0n) is 7.77. The van der Waals surface area contributed by atoms with Crippen LogP contribution in [0.15, 0.2) is 20.0 Å². The second kappa shape index (κ2) is 5.87. The first-order valence-corrected chi connectivity index (χ1v) is 6.47. The highest BCUT2D eigenvalue weighted by Crippen LogP contribution is 2.39. The lowest BCUT2D eigenvalue weighted by molar-refractivity contribution is 1.38. The minimum absolute atomic E-state index is 0.0883. The van der Waals surface area contributed by atoms with Crippen molar-refractivity contribution in [1.29, 1.82) is 5.26 Å². The van der Waals surface area contributed by atoms with Crippen molar-refractivity contribution in [3.05, 3.63) is 25.6 Å². The van der Waals surface area contributed by atoms with Crippen LogP contribution in [0.1, 0.15) is 5.56 Å². The van der Waals surface area contributed by atoms with E-state index < -0.39 is 0 Å². The molecule has 0 fully saturated rings. The number of alkyl halides is 1. The van der Waals surface area contributed by atoms with Crippen molar-refractivity contribution in [3.63, 3.8) is 0 Å². The Morgan fingerprint density at radius 2 is 2.12 bits per heavy atom. The van der Waals surface area contributed by atoms with E-state index in [1.165, 1.54) is 0 Å². The van der Waals surface area contributed by atoms with Crippen molar-refractivity contribution in [1.82, 2.24) is 0 Å². The van der Waals surface area contributed by atoms with Crippen molar-refractivity contribution in [2.45, 2.75) is 0 Å². The highest BCUT2D eigenvalue weighted by Gasteiger charge is 2.14. The molecule has 2 N–H and O–H groups in total. The Hall–Kier alpha value is -0.280. The maximum absolute atomic E-state index is 9.01. The number of nitrogens with two attached hydrogens (primary N) is 1. The third-order valence-electron chi connectivity index (χ3n) is 1.65. The summed E-state index contributed by atoms with van der Waals surface area (Å²) in [5.74, 6) is 0.308. The van der Waals surface area contributed by atoms with Gasteiger partial charge in [-0.05, 0) is 37.9 Å². The van der Waals surface area contributed by atoms with Crippen LogP contribution in [-0.4, -0.2) is 11.7 Å². The number of nitriles is 1. The van der Waals surface area contributed by atoms with E-state index >= 15 is 0 Å². The third-order valence-corrected chi connectivity index (χ3v) is 3.77. The number of benzene rings is 1. The number of hydrogen-bond donors (Lipinski definition) is 1. The molecule has 0 aromatic heterocycles. The van der Waals surface area contributed by atoms with Crippen LogP contribution >= 0.6 is 55.1 Å². The Labute approximate surface area is 119 Å². The van der Waals surface area contributed by atoms with Crippen LogP contribution in [0.2, 0.25) is 5.02 Å². The summed E-state index contributed by atoms with van der Waals surface area (Å²) in [6.45, 7) is 0. The predicted octanol–water partition coefficient (Wildman–Crippen LogP) is 3.96. The van der Waals surface area contributed by atoms with E-state index in [2.05, 4.69) is 36.9 Å². The summed E-state index contributed by atoms with van der Waals surface area (Å²) in [4.78, 5) is 4.04. The van der Waals surface area contributed by atoms with E-state index in [1.54, 1.807) is 6.07 Å². The van der Waals surface area contributed by atoms with Gasteiger partial charge in [-0.2, -0.15) is 5.26 Å². The third kappa shape index (κ3) is 2.89. The van der Waals surface area contributed by atoms with Crippen LogP contribution < -0.4 is 5.73 Å². The highest BCUT2D eigenvalue weighted by molar-refractivity contribution is 9.11. The highest BCUT2D eigenvalue weighted by atomic mass is 79.9. The summed E-state index contributed by atoms with van der Waals surface area (Å²) in [6.07, 6.45) is 0. The zero-order valence-corrected chi connectivity index (χ0v) is 12.5. The number of aliphatic imine (C=N–C) groups is 1. The molecule has 0 spiro atoms. The van der Waals surface area contributed by atoms with Crippen LogP contribution in [0.4, 0.5) is 5.69 Å². The number of hydrogen-bond acceptors (Lipinski definition) is 2. The van der Waals surface area contributed by atoms with Crippen molar-refractivity contribution in [2.24, 2.45) is 10.7 Å². The average Bonchev–Trinajstić information content (AvgIpc) is 2.26. The first-order valence-electron chi connectivity index (χ1n) is 3.97. The molecule has 0 radical (unpaired) electrons. The fourth-order valence-electron chi connectivity index (χ4n) is 0.971. The van der Waals surface area contributed by atoms with E-state index in [4.69, 9.17) is 34.2 Å². The van der Waals surface area contributed by atoms with Gasteiger partial charge in [0.1, 0.15) is 11.9 Å². The van der Waals surface area contributed by atoms with E-state index in [1.807, 2.05) is 6.07 Å². The smallest absolute Gasteiger partial charge is 0.115 e. The van der Waals surface area contributed by atoms with Crippen molar-refractivity contribution >= 4 is 66.6 Å². The minimum Gasteiger partial charge on any atom is -0.386 e. The van der Waals surface area contributed by atoms with Gasteiger partial charge in [-0.25, -0.2) is 4.99 Å². The molecule has 0 aliphatic heterocycles. The molecule has 3 nitrogen and oxygen atoms in total. The summed E-state index contributed by atoms with van der Waals surface area (Å²) >= 11 is 18.0. The largest absolute Gasteiger partial charge is 0.386 e. The first kappa shape index (κ1) is 13.8. The second-order valence-electron chi connectivity index (χ2n) is 2.73. The molecule has 84 valence electrons.